The number of rotatable bonds is 7. The molecule has 0 aliphatic carbocycles. The van der Waals surface area contributed by atoms with Crippen molar-refractivity contribution in [3.63, 3.8) is 0 Å². The number of alkyl halides is 3. The van der Waals surface area contributed by atoms with Gasteiger partial charge in [-0.2, -0.15) is 13.2 Å². The fraction of sp³-hybridized carbons (Fsp3) is 0.278. The quantitative estimate of drug-likeness (QED) is 0.573. The van der Waals surface area contributed by atoms with Crippen molar-refractivity contribution in [2.24, 2.45) is 0 Å². The second-order valence-electron chi connectivity index (χ2n) is 5.35. The summed E-state index contributed by atoms with van der Waals surface area (Å²) in [5, 5.41) is 2.26. The van der Waals surface area contributed by atoms with Crippen LogP contribution in [0.15, 0.2) is 36.4 Å². The van der Waals surface area contributed by atoms with Crippen LogP contribution in [0.2, 0.25) is 0 Å². The van der Waals surface area contributed by atoms with E-state index in [4.69, 9.17) is 14.2 Å². The summed E-state index contributed by atoms with van der Waals surface area (Å²) in [6.45, 7) is 0.253. The topological polar surface area (TPSA) is 56.8 Å². The van der Waals surface area contributed by atoms with Gasteiger partial charge in [0.1, 0.15) is 23.9 Å². The van der Waals surface area contributed by atoms with Gasteiger partial charge in [0.2, 0.25) is 0 Å². The molecular formula is C18H17F4NO4. The highest BCUT2D eigenvalue weighted by Gasteiger charge is 2.31. The molecule has 0 fully saturated rings. The zero-order valence-electron chi connectivity index (χ0n) is 14.5. The molecule has 0 saturated carbocycles. The molecule has 27 heavy (non-hydrogen) atoms. The van der Waals surface area contributed by atoms with Crippen LogP contribution in [0.1, 0.15) is 15.9 Å². The maximum Gasteiger partial charge on any atom is 0.416 e. The second kappa shape index (κ2) is 8.72. The molecule has 2 aromatic rings. The molecule has 0 aromatic heterocycles. The first kappa shape index (κ1) is 20.5. The van der Waals surface area contributed by atoms with Crippen LogP contribution in [0.25, 0.3) is 0 Å². The highest BCUT2D eigenvalue weighted by atomic mass is 19.4. The third-order valence-electron chi connectivity index (χ3n) is 3.52. The number of ether oxygens (including phenoxy) is 3. The average Bonchev–Trinajstić information content (AvgIpc) is 2.61. The highest BCUT2D eigenvalue weighted by molar-refractivity contribution is 6.05. The molecule has 0 spiro atoms. The lowest BCUT2D eigenvalue weighted by Crippen LogP contribution is -2.16. The number of nitrogens with one attached hydrogen (secondary N) is 1. The van der Waals surface area contributed by atoms with Crippen LogP contribution < -0.4 is 14.8 Å². The van der Waals surface area contributed by atoms with Crippen LogP contribution in [-0.2, 0) is 10.9 Å². The van der Waals surface area contributed by atoms with Crippen LogP contribution >= 0.6 is 0 Å². The molecule has 1 N–H and O–H groups in total. The SMILES string of the molecule is COCCOc1ccc(C(F)(F)F)cc1NC(=O)c1ccc(OC)cc1F. The fourth-order valence-corrected chi connectivity index (χ4v) is 2.16. The molecule has 2 rings (SSSR count). The zero-order chi connectivity index (χ0) is 20.0. The van der Waals surface area contributed by atoms with Crippen molar-refractivity contribution in [2.75, 3.05) is 32.8 Å². The van der Waals surface area contributed by atoms with E-state index in [1.165, 1.54) is 26.4 Å². The van der Waals surface area contributed by atoms with E-state index in [9.17, 15) is 22.4 Å². The lowest BCUT2D eigenvalue weighted by atomic mass is 10.1. The number of benzene rings is 2. The van der Waals surface area contributed by atoms with E-state index in [-0.39, 0.29) is 36.0 Å². The number of methoxy groups -OCH3 is 2. The van der Waals surface area contributed by atoms with E-state index in [1.807, 2.05) is 0 Å². The van der Waals surface area contributed by atoms with Gasteiger partial charge in [0, 0.05) is 13.2 Å². The van der Waals surface area contributed by atoms with Gasteiger partial charge in [-0.25, -0.2) is 4.39 Å². The molecule has 0 aliphatic heterocycles. The molecular weight excluding hydrogens is 370 g/mol. The molecule has 0 heterocycles. The normalized spacial score (nSPS) is 11.2. The molecule has 0 atom stereocenters. The molecule has 2 aromatic carbocycles. The third-order valence-corrected chi connectivity index (χ3v) is 3.52. The van der Waals surface area contributed by atoms with E-state index < -0.39 is 23.5 Å². The van der Waals surface area contributed by atoms with E-state index in [0.29, 0.717) is 0 Å². The summed E-state index contributed by atoms with van der Waals surface area (Å²) in [6.07, 6.45) is -4.62. The van der Waals surface area contributed by atoms with Gasteiger partial charge >= 0.3 is 6.18 Å². The number of halogens is 4. The summed E-state index contributed by atoms with van der Waals surface area (Å²) in [5.41, 5.74) is -1.57. The Morgan fingerprint density at radius 1 is 1.07 bits per heavy atom. The van der Waals surface area contributed by atoms with Crippen molar-refractivity contribution < 1.29 is 36.6 Å². The van der Waals surface area contributed by atoms with Gasteiger partial charge in [-0.05, 0) is 30.3 Å². The molecule has 0 unspecified atom stereocenters. The largest absolute Gasteiger partial charge is 0.497 e. The molecule has 0 bridgehead atoms. The predicted octanol–water partition coefficient (Wildman–Crippen LogP) is 4.13. The van der Waals surface area contributed by atoms with E-state index in [2.05, 4.69) is 5.32 Å². The first-order valence-electron chi connectivity index (χ1n) is 7.74. The zero-order valence-corrected chi connectivity index (χ0v) is 14.5. The van der Waals surface area contributed by atoms with E-state index in [1.54, 1.807) is 0 Å². The number of anilines is 1. The van der Waals surface area contributed by atoms with Crippen molar-refractivity contribution in [3.8, 4) is 11.5 Å². The van der Waals surface area contributed by atoms with Crippen LogP contribution in [-0.4, -0.2) is 33.3 Å². The Morgan fingerprint density at radius 2 is 1.81 bits per heavy atom. The molecule has 0 radical (unpaired) electrons. The first-order chi connectivity index (χ1) is 12.8. The molecule has 5 nitrogen and oxygen atoms in total. The Hall–Kier alpha value is -2.81. The summed E-state index contributed by atoms with van der Waals surface area (Å²) in [6, 6.07) is 6.16. The fourth-order valence-electron chi connectivity index (χ4n) is 2.16. The van der Waals surface area contributed by atoms with Gasteiger partial charge in [0.15, 0.2) is 0 Å². The van der Waals surface area contributed by atoms with Crippen LogP contribution in [0.3, 0.4) is 0 Å². The summed E-state index contributed by atoms with van der Waals surface area (Å²) in [4.78, 5) is 12.3. The van der Waals surface area contributed by atoms with Crippen molar-refractivity contribution in [2.45, 2.75) is 6.18 Å². The van der Waals surface area contributed by atoms with Gasteiger partial charge in [-0.3, -0.25) is 4.79 Å². The lowest BCUT2D eigenvalue weighted by Gasteiger charge is -2.15. The Kier molecular flexibility index (Phi) is 6.62. The van der Waals surface area contributed by atoms with Crippen molar-refractivity contribution in [1.29, 1.82) is 0 Å². The van der Waals surface area contributed by atoms with Gasteiger partial charge in [-0.1, -0.05) is 0 Å². The van der Waals surface area contributed by atoms with E-state index >= 15 is 0 Å². The molecule has 146 valence electrons. The maximum absolute atomic E-state index is 14.0. The Balaban J connectivity index is 2.32. The smallest absolute Gasteiger partial charge is 0.416 e. The van der Waals surface area contributed by atoms with Gasteiger partial charge in [0.25, 0.3) is 5.91 Å². The number of hydrogen-bond acceptors (Lipinski definition) is 4. The lowest BCUT2D eigenvalue weighted by molar-refractivity contribution is -0.137. The van der Waals surface area contributed by atoms with Crippen LogP contribution in [0.5, 0.6) is 11.5 Å². The molecule has 1 amide bonds. The van der Waals surface area contributed by atoms with Gasteiger partial charge < -0.3 is 19.5 Å². The molecule has 0 aliphatic rings. The standard InChI is InChI=1S/C18H17F4NO4/c1-25-7-8-27-16-6-3-11(18(20,21)22)9-15(16)23-17(24)13-5-4-12(26-2)10-14(13)19/h3-6,9-10H,7-8H2,1-2H3,(H,23,24). The summed E-state index contributed by atoms with van der Waals surface area (Å²) >= 11 is 0. The Bertz CT molecular complexity index is 808. The minimum absolute atomic E-state index is 0.00215. The summed E-state index contributed by atoms with van der Waals surface area (Å²) in [7, 11) is 2.77. The van der Waals surface area contributed by atoms with Crippen molar-refractivity contribution in [3.05, 3.63) is 53.3 Å². The second-order valence-corrected chi connectivity index (χ2v) is 5.35. The maximum atomic E-state index is 14.0. The first-order valence-corrected chi connectivity index (χ1v) is 7.74. The number of hydrogen-bond donors (Lipinski definition) is 1. The van der Waals surface area contributed by atoms with Gasteiger partial charge in [0.05, 0.1) is 30.5 Å². The minimum atomic E-state index is -4.62. The van der Waals surface area contributed by atoms with Crippen LogP contribution in [0, 0.1) is 5.82 Å². The third kappa shape index (κ3) is 5.33. The monoisotopic (exact) mass is 387 g/mol. The minimum Gasteiger partial charge on any atom is -0.497 e. The Labute approximate surface area is 152 Å². The number of carbonyl (C=O) groups is 1. The van der Waals surface area contributed by atoms with Crippen molar-refractivity contribution in [1.82, 2.24) is 0 Å². The summed E-state index contributed by atoms with van der Waals surface area (Å²) in [5.74, 6) is -1.60. The van der Waals surface area contributed by atoms with Crippen molar-refractivity contribution >= 4 is 11.6 Å². The molecule has 0 saturated heterocycles. The Morgan fingerprint density at radius 3 is 2.41 bits per heavy atom. The number of amides is 1. The van der Waals surface area contributed by atoms with E-state index in [0.717, 1.165) is 24.3 Å². The number of carbonyl (C=O) groups excluding carboxylic acids is 1. The highest BCUT2D eigenvalue weighted by Crippen LogP contribution is 2.35. The van der Waals surface area contributed by atoms with Gasteiger partial charge in [-0.15, -0.1) is 0 Å². The molecule has 9 heteroatoms. The van der Waals surface area contributed by atoms with Crippen LogP contribution in [0.4, 0.5) is 23.2 Å². The summed E-state index contributed by atoms with van der Waals surface area (Å²) < 4.78 is 67.9. The average molecular weight is 387 g/mol. The predicted molar refractivity (Wildman–Crippen MR) is 89.7 cm³/mol.